The van der Waals surface area contributed by atoms with Crippen LogP contribution in [-0.2, 0) is 5.41 Å². The number of aliphatic hydroxyl groups is 1. The van der Waals surface area contributed by atoms with E-state index in [1.54, 1.807) is 5.56 Å². The average Bonchev–Trinajstić information content (AvgIpc) is 2.34. The fourth-order valence-electron chi connectivity index (χ4n) is 3.88. The minimum atomic E-state index is -0.320. The Bertz CT molecular complexity index is 422. The molecule has 1 aromatic carbocycles. The average molecular weight is 230 g/mol. The second-order valence-electron chi connectivity index (χ2n) is 6.32. The zero-order valence-electron chi connectivity index (χ0n) is 10.9. The van der Waals surface area contributed by atoms with Crippen molar-refractivity contribution >= 4 is 0 Å². The molecule has 2 bridgehead atoms. The molecule has 92 valence electrons. The van der Waals surface area contributed by atoms with Gasteiger partial charge >= 0.3 is 0 Å². The predicted octanol–water partition coefficient (Wildman–Crippen LogP) is 3.64. The molecule has 3 aliphatic rings. The maximum Gasteiger partial charge on any atom is 0.0648 e. The fourth-order valence-corrected chi connectivity index (χ4v) is 3.88. The lowest BCUT2D eigenvalue weighted by Crippen LogP contribution is -2.48. The molecule has 3 saturated carbocycles. The first-order valence-corrected chi connectivity index (χ1v) is 6.83. The molecule has 0 amide bonds. The molecule has 0 spiro atoms. The Morgan fingerprint density at radius 3 is 2.12 bits per heavy atom. The van der Waals surface area contributed by atoms with E-state index in [1.165, 1.54) is 30.4 Å². The molecule has 0 aromatic heterocycles. The van der Waals surface area contributed by atoms with Gasteiger partial charge in [-0.1, -0.05) is 23.8 Å². The van der Waals surface area contributed by atoms with Gasteiger partial charge in [-0.2, -0.15) is 0 Å². The van der Waals surface area contributed by atoms with Gasteiger partial charge in [0.15, 0.2) is 0 Å². The number of hydrogen-bond acceptors (Lipinski definition) is 1. The van der Waals surface area contributed by atoms with Crippen molar-refractivity contribution in [3.05, 3.63) is 34.9 Å². The first kappa shape index (κ1) is 11.3. The predicted molar refractivity (Wildman–Crippen MR) is 70.2 cm³/mol. The second kappa shape index (κ2) is 3.58. The summed E-state index contributed by atoms with van der Waals surface area (Å²) in [6.07, 6.45) is 6.52. The topological polar surface area (TPSA) is 20.2 Å². The van der Waals surface area contributed by atoms with Crippen molar-refractivity contribution in [2.24, 2.45) is 0 Å². The Hall–Kier alpha value is -0.820. The van der Waals surface area contributed by atoms with E-state index in [1.807, 2.05) is 0 Å². The molecule has 0 atom stereocenters. The highest BCUT2D eigenvalue weighted by molar-refractivity contribution is 5.38. The minimum Gasteiger partial charge on any atom is -0.390 e. The van der Waals surface area contributed by atoms with E-state index in [9.17, 15) is 5.11 Å². The van der Waals surface area contributed by atoms with Crippen LogP contribution >= 0.6 is 0 Å². The summed E-state index contributed by atoms with van der Waals surface area (Å²) >= 11 is 0. The summed E-state index contributed by atoms with van der Waals surface area (Å²) in [5, 5.41) is 10.3. The van der Waals surface area contributed by atoms with E-state index >= 15 is 0 Å². The molecule has 1 heteroatoms. The number of benzene rings is 1. The van der Waals surface area contributed by atoms with Crippen molar-refractivity contribution in [3.63, 3.8) is 0 Å². The number of rotatable bonds is 1. The van der Waals surface area contributed by atoms with Gasteiger partial charge in [0.2, 0.25) is 0 Å². The lowest BCUT2D eigenvalue weighted by atomic mass is 9.55. The Kier molecular flexibility index (Phi) is 2.38. The van der Waals surface area contributed by atoms with Crippen LogP contribution in [0.4, 0.5) is 0 Å². The number of aryl methyl sites for hydroxylation is 2. The first-order chi connectivity index (χ1) is 8.03. The van der Waals surface area contributed by atoms with Gasteiger partial charge in [0.05, 0.1) is 5.60 Å². The molecule has 0 unspecified atom stereocenters. The van der Waals surface area contributed by atoms with Gasteiger partial charge in [-0.15, -0.1) is 0 Å². The van der Waals surface area contributed by atoms with Gasteiger partial charge in [0.25, 0.3) is 0 Å². The van der Waals surface area contributed by atoms with Gasteiger partial charge in [-0.25, -0.2) is 0 Å². The summed E-state index contributed by atoms with van der Waals surface area (Å²) < 4.78 is 0. The van der Waals surface area contributed by atoms with Crippen molar-refractivity contribution in [2.45, 2.75) is 63.4 Å². The summed E-state index contributed by atoms with van der Waals surface area (Å²) in [5.41, 5.74) is 4.41. The molecule has 0 aliphatic heterocycles. The Morgan fingerprint density at radius 2 is 1.53 bits per heavy atom. The lowest BCUT2D eigenvalue weighted by molar-refractivity contribution is -0.0662. The van der Waals surface area contributed by atoms with Crippen LogP contribution in [0.1, 0.15) is 55.2 Å². The normalized spacial score (nSPS) is 36.2. The van der Waals surface area contributed by atoms with Crippen molar-refractivity contribution in [1.29, 1.82) is 0 Å². The Labute approximate surface area is 104 Å². The molecule has 3 fully saturated rings. The van der Waals surface area contributed by atoms with Gasteiger partial charge in [-0.3, -0.25) is 0 Å². The molecular weight excluding hydrogens is 208 g/mol. The monoisotopic (exact) mass is 230 g/mol. The Balaban J connectivity index is 2.01. The van der Waals surface area contributed by atoms with E-state index in [-0.39, 0.29) is 5.60 Å². The quantitative estimate of drug-likeness (QED) is 0.781. The highest BCUT2D eigenvalue weighted by Crippen LogP contribution is 2.54. The van der Waals surface area contributed by atoms with Crippen LogP contribution in [0, 0.1) is 13.8 Å². The van der Waals surface area contributed by atoms with E-state index in [0.29, 0.717) is 5.41 Å². The minimum absolute atomic E-state index is 0.320. The van der Waals surface area contributed by atoms with Crippen LogP contribution < -0.4 is 0 Å². The third-order valence-electron chi connectivity index (χ3n) is 5.17. The molecular formula is C16H22O. The zero-order valence-corrected chi connectivity index (χ0v) is 10.9. The largest absolute Gasteiger partial charge is 0.390 e. The standard InChI is InChI=1S/C16H22O/c1-12-3-4-13(2)14(11-12)15-5-8-16(17,9-6-15)10-7-15/h3-4,11,17H,5-10H2,1-2H3. The smallest absolute Gasteiger partial charge is 0.0648 e. The van der Waals surface area contributed by atoms with E-state index in [0.717, 1.165) is 19.3 Å². The van der Waals surface area contributed by atoms with Gasteiger partial charge in [0, 0.05) is 0 Å². The first-order valence-electron chi connectivity index (χ1n) is 6.83. The van der Waals surface area contributed by atoms with Crippen LogP contribution in [0.5, 0.6) is 0 Å². The molecule has 0 saturated heterocycles. The maximum absolute atomic E-state index is 10.3. The van der Waals surface area contributed by atoms with Crippen molar-refractivity contribution in [1.82, 2.24) is 0 Å². The third-order valence-corrected chi connectivity index (χ3v) is 5.17. The van der Waals surface area contributed by atoms with E-state index < -0.39 is 0 Å². The molecule has 1 nitrogen and oxygen atoms in total. The highest BCUT2D eigenvalue weighted by Gasteiger charge is 2.48. The summed E-state index contributed by atoms with van der Waals surface area (Å²) in [6, 6.07) is 6.84. The maximum atomic E-state index is 10.3. The summed E-state index contributed by atoms with van der Waals surface area (Å²) in [6.45, 7) is 4.42. The zero-order chi connectivity index (χ0) is 12.1. The van der Waals surface area contributed by atoms with Crippen molar-refractivity contribution in [3.8, 4) is 0 Å². The van der Waals surface area contributed by atoms with Crippen LogP contribution in [0.25, 0.3) is 0 Å². The molecule has 4 rings (SSSR count). The highest BCUT2D eigenvalue weighted by atomic mass is 16.3. The molecule has 0 heterocycles. The molecule has 17 heavy (non-hydrogen) atoms. The number of hydrogen-bond donors (Lipinski definition) is 1. The van der Waals surface area contributed by atoms with Gasteiger partial charge in [-0.05, 0) is 68.9 Å². The molecule has 0 radical (unpaired) electrons. The molecule has 1 aromatic rings. The van der Waals surface area contributed by atoms with Crippen LogP contribution in [0.3, 0.4) is 0 Å². The molecule has 1 N–H and O–H groups in total. The second-order valence-corrected chi connectivity index (χ2v) is 6.32. The summed E-state index contributed by atoms with van der Waals surface area (Å²) in [7, 11) is 0. The Morgan fingerprint density at radius 1 is 0.941 bits per heavy atom. The van der Waals surface area contributed by atoms with E-state index in [4.69, 9.17) is 0 Å². The molecule has 3 aliphatic carbocycles. The summed E-state index contributed by atoms with van der Waals surface area (Å²) in [4.78, 5) is 0. The van der Waals surface area contributed by atoms with E-state index in [2.05, 4.69) is 32.0 Å². The van der Waals surface area contributed by atoms with Crippen LogP contribution in [0.2, 0.25) is 0 Å². The van der Waals surface area contributed by atoms with Crippen LogP contribution in [-0.4, -0.2) is 10.7 Å². The van der Waals surface area contributed by atoms with Gasteiger partial charge in [0.1, 0.15) is 0 Å². The van der Waals surface area contributed by atoms with Crippen LogP contribution in [0.15, 0.2) is 18.2 Å². The summed E-state index contributed by atoms with van der Waals surface area (Å²) in [5.74, 6) is 0. The SMILES string of the molecule is Cc1ccc(C)c(C23CCC(O)(CC2)CC3)c1. The fraction of sp³-hybridized carbons (Fsp3) is 0.625. The lowest BCUT2D eigenvalue weighted by Gasteiger charge is -2.51. The van der Waals surface area contributed by atoms with Gasteiger partial charge < -0.3 is 5.11 Å². The van der Waals surface area contributed by atoms with Crippen molar-refractivity contribution < 1.29 is 5.11 Å². The number of fused-ring (bicyclic) bond motifs is 3. The van der Waals surface area contributed by atoms with Crippen molar-refractivity contribution in [2.75, 3.05) is 0 Å². The third kappa shape index (κ3) is 1.72.